The first-order valence-electron chi connectivity index (χ1n) is 5.71. The lowest BCUT2D eigenvalue weighted by Gasteiger charge is -2.30. The van der Waals surface area contributed by atoms with Crippen LogP contribution in [0.4, 0.5) is 0 Å². The van der Waals surface area contributed by atoms with Crippen LogP contribution in [-0.4, -0.2) is 48.1 Å². The Bertz CT molecular complexity index is 435. The van der Waals surface area contributed by atoms with E-state index in [-0.39, 0.29) is 0 Å². The standard InChI is InChI=1S/C10H18N4O2S/c1-17(15,16)14-4-2-9(3-5-14)12-7-10-6-11-8-13-10/h6,8-9,12H,2-5,7H2,1H3,(H,11,13). The van der Waals surface area contributed by atoms with Crippen LogP contribution in [-0.2, 0) is 16.6 Å². The summed E-state index contributed by atoms with van der Waals surface area (Å²) in [5.41, 5.74) is 1.05. The number of H-pyrrole nitrogens is 1. The van der Waals surface area contributed by atoms with Crippen molar-refractivity contribution in [2.24, 2.45) is 0 Å². The molecule has 2 rings (SSSR count). The molecule has 2 N–H and O–H groups in total. The first-order chi connectivity index (χ1) is 8.05. The van der Waals surface area contributed by atoms with E-state index in [1.165, 1.54) is 6.26 Å². The molecule has 1 saturated heterocycles. The highest BCUT2D eigenvalue weighted by molar-refractivity contribution is 7.88. The van der Waals surface area contributed by atoms with Crippen LogP contribution in [0.1, 0.15) is 18.5 Å². The molecule has 0 spiro atoms. The molecule has 1 aromatic heterocycles. The Hall–Kier alpha value is -0.920. The molecule has 1 aliphatic heterocycles. The SMILES string of the molecule is CS(=O)(=O)N1CCC(NCc2cnc[nH]2)CC1. The molecule has 0 radical (unpaired) electrons. The quantitative estimate of drug-likeness (QED) is 0.792. The number of sulfonamides is 1. The Kier molecular flexibility index (Phi) is 3.80. The molecule has 0 atom stereocenters. The van der Waals surface area contributed by atoms with Crippen molar-refractivity contribution in [1.82, 2.24) is 19.6 Å². The van der Waals surface area contributed by atoms with Crippen LogP contribution < -0.4 is 5.32 Å². The maximum Gasteiger partial charge on any atom is 0.211 e. The summed E-state index contributed by atoms with van der Waals surface area (Å²) >= 11 is 0. The predicted molar refractivity (Wildman–Crippen MR) is 64.9 cm³/mol. The summed E-state index contributed by atoms with van der Waals surface area (Å²) in [6.45, 7) is 1.97. The van der Waals surface area contributed by atoms with E-state index in [0.29, 0.717) is 19.1 Å². The van der Waals surface area contributed by atoms with Crippen LogP contribution in [0.5, 0.6) is 0 Å². The average Bonchev–Trinajstić information content (AvgIpc) is 2.78. The lowest BCUT2D eigenvalue weighted by molar-refractivity contribution is 0.289. The molecule has 0 aromatic carbocycles. The smallest absolute Gasteiger partial charge is 0.211 e. The van der Waals surface area contributed by atoms with E-state index in [9.17, 15) is 8.42 Å². The van der Waals surface area contributed by atoms with Crippen LogP contribution in [0.3, 0.4) is 0 Å². The van der Waals surface area contributed by atoms with Crippen molar-refractivity contribution in [1.29, 1.82) is 0 Å². The Labute approximate surface area is 101 Å². The second kappa shape index (κ2) is 5.16. The summed E-state index contributed by atoms with van der Waals surface area (Å²) < 4.78 is 24.2. The fraction of sp³-hybridized carbons (Fsp3) is 0.700. The van der Waals surface area contributed by atoms with E-state index < -0.39 is 10.0 Å². The van der Waals surface area contributed by atoms with Gasteiger partial charge in [-0.15, -0.1) is 0 Å². The summed E-state index contributed by atoms with van der Waals surface area (Å²) in [7, 11) is -3.02. The second-order valence-electron chi connectivity index (χ2n) is 4.39. The monoisotopic (exact) mass is 258 g/mol. The topological polar surface area (TPSA) is 78.1 Å². The zero-order chi connectivity index (χ0) is 12.3. The molecule has 0 aliphatic carbocycles. The highest BCUT2D eigenvalue weighted by Gasteiger charge is 2.24. The number of aromatic amines is 1. The molecule has 96 valence electrons. The van der Waals surface area contributed by atoms with Gasteiger partial charge in [0, 0.05) is 37.6 Å². The first-order valence-corrected chi connectivity index (χ1v) is 7.56. The average molecular weight is 258 g/mol. The number of nitrogens with zero attached hydrogens (tertiary/aromatic N) is 2. The van der Waals surface area contributed by atoms with Crippen LogP contribution in [0, 0.1) is 0 Å². The number of nitrogens with one attached hydrogen (secondary N) is 2. The van der Waals surface area contributed by atoms with Crippen LogP contribution in [0.2, 0.25) is 0 Å². The largest absolute Gasteiger partial charge is 0.347 e. The molecule has 1 aromatic rings. The summed E-state index contributed by atoms with van der Waals surface area (Å²) in [5.74, 6) is 0. The fourth-order valence-electron chi connectivity index (χ4n) is 2.03. The second-order valence-corrected chi connectivity index (χ2v) is 6.38. The van der Waals surface area contributed by atoms with Gasteiger partial charge in [0.15, 0.2) is 0 Å². The Morgan fingerprint density at radius 1 is 1.53 bits per heavy atom. The lowest BCUT2D eigenvalue weighted by Crippen LogP contribution is -2.44. The first kappa shape index (κ1) is 12.5. The van der Waals surface area contributed by atoms with Gasteiger partial charge in [-0.2, -0.15) is 0 Å². The van der Waals surface area contributed by atoms with Gasteiger partial charge in [-0.1, -0.05) is 0 Å². The van der Waals surface area contributed by atoms with E-state index >= 15 is 0 Å². The summed E-state index contributed by atoms with van der Waals surface area (Å²) in [6.07, 6.45) is 6.44. The van der Waals surface area contributed by atoms with Crippen LogP contribution in [0.15, 0.2) is 12.5 Å². The minimum Gasteiger partial charge on any atom is -0.347 e. The molecule has 1 aliphatic rings. The summed E-state index contributed by atoms with van der Waals surface area (Å²) in [5, 5.41) is 3.40. The number of imidazole rings is 1. The molecular weight excluding hydrogens is 240 g/mol. The molecular formula is C10H18N4O2S. The van der Waals surface area contributed by atoms with Gasteiger partial charge in [-0.3, -0.25) is 0 Å². The van der Waals surface area contributed by atoms with Gasteiger partial charge in [-0.25, -0.2) is 17.7 Å². The summed E-state index contributed by atoms with van der Waals surface area (Å²) in [6, 6.07) is 0.385. The van der Waals surface area contributed by atoms with E-state index in [4.69, 9.17) is 0 Å². The van der Waals surface area contributed by atoms with Crippen molar-refractivity contribution in [2.45, 2.75) is 25.4 Å². The molecule has 1 fully saturated rings. The van der Waals surface area contributed by atoms with Crippen LogP contribution >= 0.6 is 0 Å². The zero-order valence-electron chi connectivity index (χ0n) is 9.89. The van der Waals surface area contributed by atoms with Crippen molar-refractivity contribution >= 4 is 10.0 Å². The molecule has 2 heterocycles. The maximum atomic E-state index is 11.3. The number of aromatic nitrogens is 2. The van der Waals surface area contributed by atoms with E-state index in [1.54, 1.807) is 16.8 Å². The Morgan fingerprint density at radius 3 is 2.76 bits per heavy atom. The van der Waals surface area contributed by atoms with Gasteiger partial charge < -0.3 is 10.3 Å². The van der Waals surface area contributed by atoms with Gasteiger partial charge in [0.05, 0.1) is 12.6 Å². The molecule has 7 heteroatoms. The van der Waals surface area contributed by atoms with Crippen molar-refractivity contribution < 1.29 is 8.42 Å². The fourth-order valence-corrected chi connectivity index (χ4v) is 2.90. The minimum absolute atomic E-state index is 0.385. The molecule has 0 bridgehead atoms. The van der Waals surface area contributed by atoms with E-state index in [0.717, 1.165) is 25.1 Å². The van der Waals surface area contributed by atoms with Crippen molar-refractivity contribution in [3.8, 4) is 0 Å². The normalized spacial score (nSPS) is 19.6. The zero-order valence-corrected chi connectivity index (χ0v) is 10.7. The van der Waals surface area contributed by atoms with Gasteiger partial charge in [0.1, 0.15) is 0 Å². The van der Waals surface area contributed by atoms with Gasteiger partial charge in [-0.05, 0) is 12.8 Å². The van der Waals surface area contributed by atoms with E-state index in [1.807, 2.05) is 0 Å². The maximum absolute atomic E-state index is 11.3. The third-order valence-electron chi connectivity index (χ3n) is 3.06. The number of hydrogen-bond donors (Lipinski definition) is 2. The highest BCUT2D eigenvalue weighted by atomic mass is 32.2. The predicted octanol–water partition coefficient (Wildman–Crippen LogP) is -0.0767. The van der Waals surface area contributed by atoms with Gasteiger partial charge >= 0.3 is 0 Å². The molecule has 17 heavy (non-hydrogen) atoms. The Morgan fingerprint density at radius 2 is 2.24 bits per heavy atom. The Balaban J connectivity index is 1.76. The van der Waals surface area contributed by atoms with Gasteiger partial charge in [0.25, 0.3) is 0 Å². The van der Waals surface area contributed by atoms with Crippen molar-refractivity contribution in [3.63, 3.8) is 0 Å². The molecule has 6 nitrogen and oxygen atoms in total. The minimum atomic E-state index is -3.02. The molecule has 0 amide bonds. The van der Waals surface area contributed by atoms with Gasteiger partial charge in [0.2, 0.25) is 10.0 Å². The summed E-state index contributed by atoms with van der Waals surface area (Å²) in [4.78, 5) is 6.98. The van der Waals surface area contributed by atoms with Crippen molar-refractivity contribution in [2.75, 3.05) is 19.3 Å². The van der Waals surface area contributed by atoms with Crippen molar-refractivity contribution in [3.05, 3.63) is 18.2 Å². The third kappa shape index (κ3) is 3.52. The molecule has 0 saturated carbocycles. The van der Waals surface area contributed by atoms with E-state index in [2.05, 4.69) is 15.3 Å². The highest BCUT2D eigenvalue weighted by Crippen LogP contribution is 2.13. The molecule has 0 unspecified atom stereocenters. The third-order valence-corrected chi connectivity index (χ3v) is 4.36. The number of rotatable bonds is 4. The lowest BCUT2D eigenvalue weighted by atomic mass is 10.1. The number of hydrogen-bond acceptors (Lipinski definition) is 4. The van der Waals surface area contributed by atoms with Crippen LogP contribution in [0.25, 0.3) is 0 Å². The number of piperidine rings is 1.